The quantitative estimate of drug-likeness (QED) is 0.679. The molecule has 28 heavy (non-hydrogen) atoms. The van der Waals surface area contributed by atoms with Crippen LogP contribution in [0.3, 0.4) is 0 Å². The Morgan fingerprint density at radius 2 is 1.82 bits per heavy atom. The fraction of sp³-hybridized carbons (Fsp3) is 0.444. The van der Waals surface area contributed by atoms with Crippen LogP contribution in [0.25, 0.3) is 0 Å². The van der Waals surface area contributed by atoms with E-state index in [9.17, 15) is 22.0 Å². The number of nitrogens with zero attached hydrogens (tertiary/aromatic N) is 3. The highest BCUT2D eigenvalue weighted by Crippen LogP contribution is 2.29. The van der Waals surface area contributed by atoms with Gasteiger partial charge < -0.3 is 9.47 Å². The van der Waals surface area contributed by atoms with E-state index in [2.05, 4.69) is 14.7 Å². The number of alkyl halides is 5. The molecule has 0 spiro atoms. The van der Waals surface area contributed by atoms with Gasteiger partial charge in [-0.25, -0.2) is 4.98 Å². The number of para-hydroxylation sites is 1. The third-order valence-electron chi connectivity index (χ3n) is 4.31. The van der Waals surface area contributed by atoms with Crippen molar-refractivity contribution in [3.05, 3.63) is 47.8 Å². The zero-order valence-electron chi connectivity index (χ0n) is 14.7. The van der Waals surface area contributed by atoms with Crippen molar-refractivity contribution in [2.75, 3.05) is 13.1 Å². The zero-order valence-corrected chi connectivity index (χ0v) is 14.7. The third-order valence-corrected chi connectivity index (χ3v) is 4.31. The van der Waals surface area contributed by atoms with Gasteiger partial charge in [-0.1, -0.05) is 18.2 Å². The minimum Gasteiger partial charge on any atom is -0.460 e. The van der Waals surface area contributed by atoms with Crippen molar-refractivity contribution in [3.8, 4) is 11.8 Å². The SMILES string of the molecule is FC(F)Oc1ccccc1CN1CCC(Oc2nccc(C(F)(F)F)n2)CC1. The van der Waals surface area contributed by atoms with Crippen LogP contribution in [-0.4, -0.2) is 40.7 Å². The summed E-state index contributed by atoms with van der Waals surface area (Å²) in [6, 6.07) is 7.06. The highest BCUT2D eigenvalue weighted by atomic mass is 19.4. The summed E-state index contributed by atoms with van der Waals surface area (Å²) >= 11 is 0. The first-order chi connectivity index (χ1) is 13.3. The van der Waals surface area contributed by atoms with E-state index in [-0.39, 0.29) is 17.9 Å². The van der Waals surface area contributed by atoms with Gasteiger partial charge in [0, 0.05) is 31.4 Å². The Morgan fingerprint density at radius 1 is 1.11 bits per heavy atom. The van der Waals surface area contributed by atoms with Crippen molar-refractivity contribution >= 4 is 0 Å². The predicted octanol–water partition coefficient (Wildman–Crippen LogP) is 4.14. The molecular formula is C18H18F5N3O2. The number of piperidine rings is 1. The molecule has 0 aliphatic carbocycles. The number of aromatic nitrogens is 2. The van der Waals surface area contributed by atoms with E-state index < -0.39 is 18.5 Å². The van der Waals surface area contributed by atoms with Crippen LogP contribution in [0.1, 0.15) is 24.1 Å². The van der Waals surface area contributed by atoms with Gasteiger partial charge in [-0.15, -0.1) is 0 Å². The largest absolute Gasteiger partial charge is 0.460 e. The van der Waals surface area contributed by atoms with E-state index in [4.69, 9.17) is 4.74 Å². The van der Waals surface area contributed by atoms with Crippen LogP contribution < -0.4 is 9.47 Å². The van der Waals surface area contributed by atoms with Gasteiger partial charge in [-0.2, -0.15) is 26.9 Å². The molecule has 1 saturated heterocycles. The second-order valence-corrected chi connectivity index (χ2v) is 6.30. The van der Waals surface area contributed by atoms with Crippen LogP contribution in [0.4, 0.5) is 22.0 Å². The molecule has 0 atom stereocenters. The van der Waals surface area contributed by atoms with Gasteiger partial charge in [-0.3, -0.25) is 4.90 Å². The van der Waals surface area contributed by atoms with Crippen molar-refractivity contribution in [3.63, 3.8) is 0 Å². The lowest BCUT2D eigenvalue weighted by atomic mass is 10.1. The standard InChI is InChI=1S/C18H18F5N3O2/c19-16(20)28-14-4-2-1-3-12(14)11-26-9-6-13(7-10-26)27-17-24-8-5-15(25-17)18(21,22)23/h1-5,8,13,16H,6-7,9-11H2. The molecule has 0 amide bonds. The molecular weight excluding hydrogens is 385 g/mol. The second kappa shape index (κ2) is 8.68. The number of likely N-dealkylation sites (tertiary alicyclic amines) is 1. The lowest BCUT2D eigenvalue weighted by Gasteiger charge is -2.32. The highest BCUT2D eigenvalue weighted by molar-refractivity contribution is 5.33. The lowest BCUT2D eigenvalue weighted by Crippen LogP contribution is -2.38. The Bertz CT molecular complexity index is 780. The molecule has 2 heterocycles. The first kappa shape index (κ1) is 20.2. The summed E-state index contributed by atoms with van der Waals surface area (Å²) in [5.74, 6) is 0.133. The molecule has 10 heteroatoms. The van der Waals surface area contributed by atoms with Crippen molar-refractivity contribution < 1.29 is 31.4 Å². The Balaban J connectivity index is 1.54. The molecule has 1 fully saturated rings. The maximum atomic E-state index is 12.7. The summed E-state index contributed by atoms with van der Waals surface area (Å²) < 4.78 is 73.2. The molecule has 0 radical (unpaired) electrons. The van der Waals surface area contributed by atoms with Crippen LogP contribution in [0.2, 0.25) is 0 Å². The summed E-state index contributed by atoms with van der Waals surface area (Å²) in [7, 11) is 0. The molecule has 1 aliphatic rings. The maximum Gasteiger partial charge on any atom is 0.433 e. The molecule has 0 N–H and O–H groups in total. The van der Waals surface area contributed by atoms with E-state index in [0.29, 0.717) is 38.0 Å². The van der Waals surface area contributed by atoms with Crippen LogP contribution in [-0.2, 0) is 12.7 Å². The summed E-state index contributed by atoms with van der Waals surface area (Å²) in [6.07, 6.45) is -2.75. The van der Waals surface area contributed by atoms with Crippen LogP contribution in [0.15, 0.2) is 36.5 Å². The Kier molecular flexibility index (Phi) is 6.28. The molecule has 1 aromatic heterocycles. The fourth-order valence-electron chi connectivity index (χ4n) is 2.98. The predicted molar refractivity (Wildman–Crippen MR) is 89.0 cm³/mol. The molecule has 0 unspecified atom stereocenters. The molecule has 5 nitrogen and oxygen atoms in total. The monoisotopic (exact) mass is 403 g/mol. The first-order valence-corrected chi connectivity index (χ1v) is 8.63. The minimum absolute atomic E-state index is 0.133. The summed E-state index contributed by atoms with van der Waals surface area (Å²) in [6.45, 7) is -1.29. The van der Waals surface area contributed by atoms with Gasteiger partial charge in [0.15, 0.2) is 5.69 Å². The van der Waals surface area contributed by atoms with Gasteiger partial charge in [0.05, 0.1) is 0 Å². The normalized spacial score (nSPS) is 16.4. The Morgan fingerprint density at radius 3 is 2.50 bits per heavy atom. The van der Waals surface area contributed by atoms with Gasteiger partial charge in [0.25, 0.3) is 0 Å². The first-order valence-electron chi connectivity index (χ1n) is 8.63. The number of ether oxygens (including phenoxy) is 2. The van der Waals surface area contributed by atoms with Crippen LogP contribution >= 0.6 is 0 Å². The molecule has 3 rings (SSSR count). The fourth-order valence-corrected chi connectivity index (χ4v) is 2.98. The summed E-state index contributed by atoms with van der Waals surface area (Å²) in [4.78, 5) is 9.19. The molecule has 152 valence electrons. The topological polar surface area (TPSA) is 47.5 Å². The molecule has 0 bridgehead atoms. The minimum atomic E-state index is -4.56. The zero-order chi connectivity index (χ0) is 20.1. The number of halogens is 5. The van der Waals surface area contributed by atoms with Crippen molar-refractivity contribution in [2.45, 2.75) is 38.3 Å². The van der Waals surface area contributed by atoms with Crippen LogP contribution in [0.5, 0.6) is 11.8 Å². The Hall–Kier alpha value is -2.49. The molecule has 0 saturated carbocycles. The lowest BCUT2D eigenvalue weighted by molar-refractivity contribution is -0.141. The summed E-state index contributed by atoms with van der Waals surface area (Å²) in [5.41, 5.74) is -0.408. The van der Waals surface area contributed by atoms with Crippen LogP contribution in [0, 0.1) is 0 Å². The van der Waals surface area contributed by atoms with Crippen molar-refractivity contribution in [2.24, 2.45) is 0 Å². The number of hydrogen-bond donors (Lipinski definition) is 0. The smallest absolute Gasteiger partial charge is 0.433 e. The third kappa shape index (κ3) is 5.51. The molecule has 1 aromatic carbocycles. The Labute approximate surface area is 158 Å². The van der Waals surface area contributed by atoms with Gasteiger partial charge >= 0.3 is 18.8 Å². The van der Waals surface area contributed by atoms with E-state index in [1.807, 2.05) is 4.90 Å². The van der Waals surface area contributed by atoms with Crippen molar-refractivity contribution in [1.29, 1.82) is 0 Å². The maximum absolute atomic E-state index is 12.7. The summed E-state index contributed by atoms with van der Waals surface area (Å²) in [5, 5.41) is 0. The van der Waals surface area contributed by atoms with E-state index in [1.54, 1.807) is 18.2 Å². The van der Waals surface area contributed by atoms with Crippen molar-refractivity contribution in [1.82, 2.24) is 14.9 Å². The average molecular weight is 403 g/mol. The van der Waals surface area contributed by atoms with E-state index >= 15 is 0 Å². The number of hydrogen-bond acceptors (Lipinski definition) is 5. The number of benzene rings is 1. The van der Waals surface area contributed by atoms with Gasteiger partial charge in [0.1, 0.15) is 11.9 Å². The highest BCUT2D eigenvalue weighted by Gasteiger charge is 2.33. The van der Waals surface area contributed by atoms with Gasteiger partial charge in [-0.05, 0) is 25.0 Å². The molecule has 1 aliphatic heterocycles. The second-order valence-electron chi connectivity index (χ2n) is 6.30. The van der Waals surface area contributed by atoms with E-state index in [1.165, 1.54) is 6.07 Å². The number of rotatable bonds is 6. The van der Waals surface area contributed by atoms with Gasteiger partial charge in [0.2, 0.25) is 0 Å². The average Bonchev–Trinajstić information content (AvgIpc) is 2.64. The van der Waals surface area contributed by atoms with E-state index in [0.717, 1.165) is 12.3 Å². The molecule has 2 aromatic rings.